The van der Waals surface area contributed by atoms with Gasteiger partial charge in [0, 0.05) is 16.0 Å². The lowest BCUT2D eigenvalue weighted by Gasteiger charge is -2.05. The number of hydrogen-bond donors (Lipinski definition) is 3. The summed E-state index contributed by atoms with van der Waals surface area (Å²) in [5.74, 6) is -0.0226. The van der Waals surface area contributed by atoms with Crippen molar-refractivity contribution in [2.75, 3.05) is 0 Å². The number of phenolic OH excluding ortho intramolecular Hbond substituents is 2. The van der Waals surface area contributed by atoms with Gasteiger partial charge >= 0.3 is 0 Å². The number of hydrogen-bond acceptors (Lipinski definition) is 4. The van der Waals surface area contributed by atoms with E-state index in [2.05, 4.69) is 12.6 Å². The summed E-state index contributed by atoms with van der Waals surface area (Å²) in [6.07, 6.45) is 0. The van der Waals surface area contributed by atoms with Crippen LogP contribution in [0.5, 0.6) is 11.5 Å². The molecule has 86 valence electrons. The van der Waals surface area contributed by atoms with Crippen molar-refractivity contribution in [2.45, 2.75) is 4.90 Å². The van der Waals surface area contributed by atoms with Gasteiger partial charge in [-0.1, -0.05) is 0 Å². The fourth-order valence-corrected chi connectivity index (χ4v) is 1.79. The molecule has 0 atom stereocenters. The van der Waals surface area contributed by atoms with Gasteiger partial charge in [0.05, 0.1) is 0 Å². The normalized spacial score (nSPS) is 10.2. The first-order valence-corrected chi connectivity index (χ1v) is 5.38. The maximum absolute atomic E-state index is 12.1. The van der Waals surface area contributed by atoms with Crippen molar-refractivity contribution < 1.29 is 15.0 Å². The minimum atomic E-state index is -0.199. The number of carbonyl (C=O) groups excluding carboxylic acids is 1. The smallest absolute Gasteiger partial charge is 0.194 e. The highest BCUT2D eigenvalue weighted by Gasteiger charge is 2.12. The fraction of sp³-hybridized carbons (Fsp3) is 0. The SMILES string of the molecule is O=C(c1ccc(O)cc1)c1ccc(O)cc1S. The van der Waals surface area contributed by atoms with E-state index in [1.807, 2.05) is 0 Å². The molecule has 0 unspecified atom stereocenters. The van der Waals surface area contributed by atoms with Gasteiger partial charge in [0.25, 0.3) is 0 Å². The molecule has 0 spiro atoms. The van der Waals surface area contributed by atoms with E-state index < -0.39 is 0 Å². The van der Waals surface area contributed by atoms with Gasteiger partial charge in [-0.15, -0.1) is 12.6 Å². The van der Waals surface area contributed by atoms with Crippen molar-refractivity contribution in [2.24, 2.45) is 0 Å². The Kier molecular flexibility index (Phi) is 3.06. The molecule has 4 heteroatoms. The number of aromatic hydroxyl groups is 2. The second-order valence-electron chi connectivity index (χ2n) is 3.58. The van der Waals surface area contributed by atoms with Gasteiger partial charge in [0.2, 0.25) is 0 Å². The molecule has 0 saturated heterocycles. The van der Waals surface area contributed by atoms with Crippen molar-refractivity contribution in [3.05, 3.63) is 53.6 Å². The van der Waals surface area contributed by atoms with Gasteiger partial charge in [0.1, 0.15) is 11.5 Å². The summed E-state index contributed by atoms with van der Waals surface area (Å²) in [5, 5.41) is 18.4. The maximum Gasteiger partial charge on any atom is 0.194 e. The van der Waals surface area contributed by atoms with E-state index in [4.69, 9.17) is 5.11 Å². The van der Waals surface area contributed by atoms with Gasteiger partial charge in [-0.2, -0.15) is 0 Å². The number of phenols is 2. The first-order chi connectivity index (χ1) is 8.08. The van der Waals surface area contributed by atoms with Crippen LogP contribution in [-0.4, -0.2) is 16.0 Å². The monoisotopic (exact) mass is 246 g/mol. The molecule has 0 aliphatic rings. The summed E-state index contributed by atoms with van der Waals surface area (Å²) in [7, 11) is 0. The van der Waals surface area contributed by atoms with Gasteiger partial charge < -0.3 is 10.2 Å². The summed E-state index contributed by atoms with van der Waals surface area (Å²) >= 11 is 4.15. The summed E-state index contributed by atoms with van der Waals surface area (Å²) in [6, 6.07) is 10.4. The third-order valence-corrected chi connectivity index (χ3v) is 2.73. The van der Waals surface area contributed by atoms with Crippen LogP contribution in [-0.2, 0) is 0 Å². The molecule has 2 aromatic rings. The number of rotatable bonds is 2. The van der Waals surface area contributed by atoms with Crippen LogP contribution in [0, 0.1) is 0 Å². The van der Waals surface area contributed by atoms with Crippen LogP contribution < -0.4 is 0 Å². The Hall–Kier alpha value is -1.94. The molecule has 0 saturated carbocycles. The van der Waals surface area contributed by atoms with Crippen LogP contribution in [0.25, 0.3) is 0 Å². The van der Waals surface area contributed by atoms with Crippen molar-refractivity contribution in [1.29, 1.82) is 0 Å². The Morgan fingerprint density at radius 1 is 0.941 bits per heavy atom. The molecule has 0 radical (unpaired) electrons. The van der Waals surface area contributed by atoms with Crippen LogP contribution in [0.1, 0.15) is 15.9 Å². The molecule has 0 fully saturated rings. The van der Waals surface area contributed by atoms with E-state index in [0.717, 1.165) is 0 Å². The number of ketones is 1. The Balaban J connectivity index is 2.40. The molecule has 0 aromatic heterocycles. The van der Waals surface area contributed by atoms with Crippen LogP contribution >= 0.6 is 12.6 Å². The van der Waals surface area contributed by atoms with Gasteiger partial charge in [-0.05, 0) is 42.5 Å². The largest absolute Gasteiger partial charge is 0.508 e. The average Bonchev–Trinajstić information content (AvgIpc) is 2.29. The van der Waals surface area contributed by atoms with Crippen molar-refractivity contribution in [3.63, 3.8) is 0 Å². The second kappa shape index (κ2) is 4.51. The standard InChI is InChI=1S/C13H10O3S/c14-9-3-1-8(2-4-9)13(16)11-6-5-10(15)7-12(11)17/h1-7,14-15,17H. The number of thiol groups is 1. The Morgan fingerprint density at radius 2 is 1.53 bits per heavy atom. The zero-order valence-corrected chi connectivity index (χ0v) is 9.69. The van der Waals surface area contributed by atoms with E-state index in [1.54, 1.807) is 0 Å². The van der Waals surface area contributed by atoms with Gasteiger partial charge in [-0.3, -0.25) is 4.79 Å². The molecule has 2 aromatic carbocycles. The molecular weight excluding hydrogens is 236 g/mol. The third kappa shape index (κ3) is 2.42. The minimum absolute atomic E-state index is 0.0669. The predicted molar refractivity (Wildman–Crippen MR) is 66.9 cm³/mol. The first-order valence-electron chi connectivity index (χ1n) is 4.93. The lowest BCUT2D eigenvalue weighted by molar-refractivity contribution is 0.103. The molecule has 0 aliphatic carbocycles. The molecule has 0 amide bonds. The van der Waals surface area contributed by atoms with Crippen LogP contribution in [0.2, 0.25) is 0 Å². The second-order valence-corrected chi connectivity index (χ2v) is 4.06. The Morgan fingerprint density at radius 3 is 2.12 bits per heavy atom. The van der Waals surface area contributed by atoms with E-state index in [9.17, 15) is 9.90 Å². The number of benzene rings is 2. The molecular formula is C13H10O3S. The van der Waals surface area contributed by atoms with Crippen molar-refractivity contribution in [3.8, 4) is 11.5 Å². The third-order valence-electron chi connectivity index (χ3n) is 2.36. The molecule has 0 aliphatic heterocycles. The molecule has 2 rings (SSSR count). The molecule has 0 bridgehead atoms. The Bertz CT molecular complexity index is 561. The van der Waals surface area contributed by atoms with Crippen molar-refractivity contribution in [1.82, 2.24) is 0 Å². The van der Waals surface area contributed by atoms with Crippen LogP contribution in [0.15, 0.2) is 47.4 Å². The summed E-state index contributed by atoms with van der Waals surface area (Å²) in [4.78, 5) is 12.5. The minimum Gasteiger partial charge on any atom is -0.508 e. The maximum atomic E-state index is 12.1. The molecule has 0 heterocycles. The summed E-state index contributed by atoms with van der Waals surface area (Å²) in [5.41, 5.74) is 0.876. The van der Waals surface area contributed by atoms with E-state index in [-0.39, 0.29) is 17.3 Å². The highest BCUT2D eigenvalue weighted by Crippen LogP contribution is 2.23. The van der Waals surface area contributed by atoms with Gasteiger partial charge in [0.15, 0.2) is 5.78 Å². The first kappa shape index (κ1) is 11.5. The van der Waals surface area contributed by atoms with Crippen LogP contribution in [0.4, 0.5) is 0 Å². The van der Waals surface area contributed by atoms with Gasteiger partial charge in [-0.25, -0.2) is 0 Å². The zero-order chi connectivity index (χ0) is 12.4. The Labute approximate surface area is 104 Å². The quantitative estimate of drug-likeness (QED) is 0.564. The average molecular weight is 246 g/mol. The predicted octanol–water partition coefficient (Wildman–Crippen LogP) is 2.62. The van der Waals surface area contributed by atoms with Crippen LogP contribution in [0.3, 0.4) is 0 Å². The van der Waals surface area contributed by atoms with E-state index in [1.165, 1.54) is 42.5 Å². The molecule has 3 nitrogen and oxygen atoms in total. The molecule has 2 N–H and O–H groups in total. The van der Waals surface area contributed by atoms with E-state index >= 15 is 0 Å². The highest BCUT2D eigenvalue weighted by atomic mass is 32.1. The number of carbonyl (C=O) groups is 1. The molecule has 17 heavy (non-hydrogen) atoms. The highest BCUT2D eigenvalue weighted by molar-refractivity contribution is 7.80. The summed E-state index contributed by atoms with van der Waals surface area (Å²) in [6.45, 7) is 0. The fourth-order valence-electron chi connectivity index (χ4n) is 1.48. The lowest BCUT2D eigenvalue weighted by Crippen LogP contribution is -2.01. The lowest BCUT2D eigenvalue weighted by atomic mass is 10.0. The summed E-state index contributed by atoms with van der Waals surface area (Å²) < 4.78 is 0. The van der Waals surface area contributed by atoms with Crippen molar-refractivity contribution >= 4 is 18.4 Å². The topological polar surface area (TPSA) is 57.5 Å². The van der Waals surface area contributed by atoms with E-state index in [0.29, 0.717) is 16.0 Å². The zero-order valence-electron chi connectivity index (χ0n) is 8.79.